The van der Waals surface area contributed by atoms with Crippen molar-refractivity contribution in [3.8, 4) is 0 Å². The van der Waals surface area contributed by atoms with Crippen LogP contribution in [-0.2, 0) is 5.60 Å². The van der Waals surface area contributed by atoms with Gasteiger partial charge in [-0.15, -0.1) is 0 Å². The van der Waals surface area contributed by atoms with Crippen molar-refractivity contribution in [1.82, 2.24) is 0 Å². The molecular weight excluding hydrogens is 206 g/mol. The zero-order chi connectivity index (χ0) is 10.2. The molecule has 1 aromatic rings. The average molecular weight is 216 g/mol. The molecule has 1 N–H and O–H groups in total. The molecule has 4 heteroatoms. The minimum atomic E-state index is -2.38. The smallest absolute Gasteiger partial charge is 0.288 e. The molecule has 14 heavy (non-hydrogen) atoms. The third kappa shape index (κ3) is 2.07. The van der Waals surface area contributed by atoms with Gasteiger partial charge in [-0.25, -0.2) is 0 Å². The highest BCUT2D eigenvalue weighted by atomic mass is 32.2. The van der Waals surface area contributed by atoms with Crippen molar-refractivity contribution in [2.45, 2.75) is 29.1 Å². The molecule has 1 nitrogen and oxygen atoms in total. The van der Waals surface area contributed by atoms with Gasteiger partial charge in [-0.3, -0.25) is 0 Å². The summed E-state index contributed by atoms with van der Waals surface area (Å²) >= 11 is 0.523. The standard InChI is InChI=1S/C10H10F2OS/c11-9(12)14-8-3-1-7(2-4-8)10(13)5-6-10/h1-4,9,13H,5-6H2. The normalized spacial score (nSPS) is 18.6. The molecular formula is C10H10F2OS. The Hall–Kier alpha value is -0.610. The van der Waals surface area contributed by atoms with Gasteiger partial charge in [0.15, 0.2) is 0 Å². The maximum Gasteiger partial charge on any atom is 0.288 e. The summed E-state index contributed by atoms with van der Waals surface area (Å²) in [6.45, 7) is 0. The molecule has 0 spiro atoms. The van der Waals surface area contributed by atoms with Gasteiger partial charge in [-0.05, 0) is 30.5 Å². The molecule has 1 aromatic carbocycles. The maximum atomic E-state index is 12.0. The quantitative estimate of drug-likeness (QED) is 0.784. The first-order chi connectivity index (χ1) is 6.60. The summed E-state index contributed by atoms with van der Waals surface area (Å²) in [6, 6.07) is 6.69. The summed E-state index contributed by atoms with van der Waals surface area (Å²) < 4.78 is 24.0. The minimum absolute atomic E-state index is 0.523. The fourth-order valence-corrected chi connectivity index (χ4v) is 1.85. The summed E-state index contributed by atoms with van der Waals surface area (Å²) in [4.78, 5) is 0.535. The Morgan fingerprint density at radius 3 is 2.21 bits per heavy atom. The lowest BCUT2D eigenvalue weighted by Crippen LogP contribution is -2.03. The second-order valence-corrected chi connectivity index (χ2v) is 4.50. The molecule has 0 atom stereocenters. The number of hydrogen-bond acceptors (Lipinski definition) is 2. The minimum Gasteiger partial charge on any atom is -0.385 e. The maximum absolute atomic E-state index is 12.0. The van der Waals surface area contributed by atoms with E-state index < -0.39 is 11.4 Å². The zero-order valence-corrected chi connectivity index (χ0v) is 8.23. The summed E-state index contributed by atoms with van der Waals surface area (Å²) in [5, 5.41) is 9.72. The second-order valence-electron chi connectivity index (χ2n) is 3.43. The lowest BCUT2D eigenvalue weighted by Gasteiger charge is -2.08. The molecule has 1 aliphatic carbocycles. The Balaban J connectivity index is 2.10. The molecule has 1 aliphatic rings. The van der Waals surface area contributed by atoms with Crippen LogP contribution in [-0.4, -0.2) is 10.9 Å². The van der Waals surface area contributed by atoms with Gasteiger partial charge >= 0.3 is 0 Å². The highest BCUT2D eigenvalue weighted by Crippen LogP contribution is 2.45. The Bertz CT molecular complexity index is 319. The number of hydrogen-bond donors (Lipinski definition) is 1. The lowest BCUT2D eigenvalue weighted by atomic mass is 10.1. The van der Waals surface area contributed by atoms with Crippen molar-refractivity contribution >= 4 is 11.8 Å². The Kier molecular flexibility index (Phi) is 2.49. The summed E-state index contributed by atoms with van der Waals surface area (Å²) in [7, 11) is 0. The van der Waals surface area contributed by atoms with E-state index in [1.807, 2.05) is 0 Å². The first kappa shape index (κ1) is 9.93. The van der Waals surface area contributed by atoms with Crippen molar-refractivity contribution in [3.63, 3.8) is 0 Å². The van der Waals surface area contributed by atoms with E-state index >= 15 is 0 Å². The third-order valence-electron chi connectivity index (χ3n) is 2.34. The molecule has 0 saturated heterocycles. The van der Waals surface area contributed by atoms with E-state index in [4.69, 9.17) is 0 Å². The first-order valence-electron chi connectivity index (χ1n) is 4.38. The number of alkyl halides is 2. The topological polar surface area (TPSA) is 20.2 Å². The van der Waals surface area contributed by atoms with Crippen molar-refractivity contribution in [2.75, 3.05) is 0 Å². The van der Waals surface area contributed by atoms with Crippen LogP contribution in [0.2, 0.25) is 0 Å². The molecule has 0 amide bonds. The van der Waals surface area contributed by atoms with Gasteiger partial charge in [-0.2, -0.15) is 8.78 Å². The average Bonchev–Trinajstić information content (AvgIpc) is 2.85. The van der Waals surface area contributed by atoms with E-state index in [1.165, 1.54) is 0 Å². The molecule has 0 heterocycles. The van der Waals surface area contributed by atoms with Gasteiger partial charge in [0, 0.05) is 4.90 Å². The second kappa shape index (κ2) is 3.51. The van der Waals surface area contributed by atoms with Crippen molar-refractivity contribution < 1.29 is 13.9 Å². The predicted octanol–water partition coefficient (Wildman–Crippen LogP) is 2.98. The number of benzene rings is 1. The molecule has 2 rings (SSSR count). The number of thioether (sulfide) groups is 1. The van der Waals surface area contributed by atoms with Crippen LogP contribution in [0.4, 0.5) is 8.78 Å². The monoisotopic (exact) mass is 216 g/mol. The molecule has 1 fully saturated rings. The highest BCUT2D eigenvalue weighted by molar-refractivity contribution is 7.99. The molecule has 0 aliphatic heterocycles. The molecule has 0 aromatic heterocycles. The summed E-state index contributed by atoms with van der Waals surface area (Å²) in [5.74, 6) is -2.38. The fourth-order valence-electron chi connectivity index (χ4n) is 1.35. The van der Waals surface area contributed by atoms with Gasteiger partial charge in [0.1, 0.15) is 0 Å². The fraction of sp³-hybridized carbons (Fsp3) is 0.400. The van der Waals surface area contributed by atoms with Crippen LogP contribution in [0.1, 0.15) is 18.4 Å². The largest absolute Gasteiger partial charge is 0.385 e. The Morgan fingerprint density at radius 1 is 1.21 bits per heavy atom. The highest BCUT2D eigenvalue weighted by Gasteiger charge is 2.41. The van der Waals surface area contributed by atoms with Crippen LogP contribution in [0.3, 0.4) is 0 Å². The first-order valence-corrected chi connectivity index (χ1v) is 5.26. The summed E-state index contributed by atoms with van der Waals surface area (Å²) in [5.41, 5.74) is 0.157. The van der Waals surface area contributed by atoms with E-state index in [1.54, 1.807) is 24.3 Å². The SMILES string of the molecule is OC1(c2ccc(SC(F)F)cc2)CC1. The van der Waals surface area contributed by atoms with E-state index in [-0.39, 0.29) is 0 Å². The molecule has 1 saturated carbocycles. The number of rotatable bonds is 3. The molecule has 0 radical (unpaired) electrons. The number of halogens is 2. The van der Waals surface area contributed by atoms with Gasteiger partial charge in [0.25, 0.3) is 5.76 Å². The van der Waals surface area contributed by atoms with E-state index in [9.17, 15) is 13.9 Å². The predicted molar refractivity (Wildman–Crippen MR) is 51.4 cm³/mol. The van der Waals surface area contributed by atoms with Crippen molar-refractivity contribution in [2.24, 2.45) is 0 Å². The van der Waals surface area contributed by atoms with Crippen LogP contribution in [0.15, 0.2) is 29.2 Å². The zero-order valence-electron chi connectivity index (χ0n) is 7.41. The van der Waals surface area contributed by atoms with Crippen LogP contribution < -0.4 is 0 Å². The molecule has 76 valence electrons. The van der Waals surface area contributed by atoms with Crippen molar-refractivity contribution in [3.05, 3.63) is 29.8 Å². The van der Waals surface area contributed by atoms with Gasteiger partial charge < -0.3 is 5.11 Å². The van der Waals surface area contributed by atoms with E-state index in [0.29, 0.717) is 16.7 Å². The molecule has 0 bridgehead atoms. The van der Waals surface area contributed by atoms with Crippen LogP contribution in [0.5, 0.6) is 0 Å². The lowest BCUT2D eigenvalue weighted by molar-refractivity contribution is 0.151. The Labute approximate surface area is 85.1 Å². The van der Waals surface area contributed by atoms with Gasteiger partial charge in [0.05, 0.1) is 5.60 Å². The van der Waals surface area contributed by atoms with E-state index in [2.05, 4.69) is 0 Å². The van der Waals surface area contributed by atoms with Gasteiger partial charge in [0.2, 0.25) is 0 Å². The Morgan fingerprint density at radius 2 is 1.79 bits per heavy atom. The van der Waals surface area contributed by atoms with Gasteiger partial charge in [-0.1, -0.05) is 23.9 Å². The summed E-state index contributed by atoms with van der Waals surface area (Å²) in [6.07, 6.45) is 1.54. The molecule has 0 unspecified atom stereocenters. The third-order valence-corrected chi connectivity index (χ3v) is 3.06. The van der Waals surface area contributed by atoms with Crippen LogP contribution >= 0.6 is 11.8 Å². The van der Waals surface area contributed by atoms with Crippen LogP contribution in [0, 0.1) is 0 Å². The van der Waals surface area contributed by atoms with Crippen LogP contribution in [0.25, 0.3) is 0 Å². The number of aliphatic hydroxyl groups is 1. The van der Waals surface area contributed by atoms with E-state index in [0.717, 1.165) is 18.4 Å². The van der Waals surface area contributed by atoms with Crippen molar-refractivity contribution in [1.29, 1.82) is 0 Å².